The minimum atomic E-state index is -0.693. The Balaban J connectivity index is 1.84. The number of ether oxygens (including phenoxy) is 2. The summed E-state index contributed by atoms with van der Waals surface area (Å²) in [6.45, 7) is 1.01. The van der Waals surface area contributed by atoms with Gasteiger partial charge in [0, 0.05) is 43.5 Å². The van der Waals surface area contributed by atoms with Crippen LogP contribution in [0, 0.1) is 0 Å². The fraction of sp³-hybridized carbons (Fsp3) is 0.389. The Morgan fingerprint density at radius 2 is 2.12 bits per heavy atom. The second-order valence-corrected chi connectivity index (χ2v) is 6.02. The van der Waals surface area contributed by atoms with E-state index in [-0.39, 0.29) is 12.5 Å². The third-order valence-electron chi connectivity index (χ3n) is 4.26. The standard InChI is InChI=1S/C18H22BNO5/c1-23-17-4-3-13(8-18(17)24-6-2-5-21)14-7-15(11-20-10-14)16-9-19(22)25-12-16/h3-4,7-8,10-11,16,21-22H,2,5-6,9,12H2,1H3/t16-/m1/s1. The van der Waals surface area contributed by atoms with Gasteiger partial charge in [-0.2, -0.15) is 0 Å². The van der Waals surface area contributed by atoms with E-state index in [2.05, 4.69) is 11.1 Å². The van der Waals surface area contributed by atoms with E-state index in [0.29, 0.717) is 37.5 Å². The van der Waals surface area contributed by atoms with E-state index < -0.39 is 7.12 Å². The van der Waals surface area contributed by atoms with E-state index >= 15 is 0 Å². The van der Waals surface area contributed by atoms with Gasteiger partial charge in [0.1, 0.15) is 0 Å². The van der Waals surface area contributed by atoms with E-state index in [1.165, 1.54) is 0 Å². The topological polar surface area (TPSA) is 81.0 Å². The van der Waals surface area contributed by atoms with Crippen LogP contribution in [0.3, 0.4) is 0 Å². The van der Waals surface area contributed by atoms with Gasteiger partial charge in [0.05, 0.1) is 13.7 Å². The lowest BCUT2D eigenvalue weighted by Gasteiger charge is -2.13. The van der Waals surface area contributed by atoms with E-state index in [1.54, 1.807) is 13.3 Å². The lowest BCUT2D eigenvalue weighted by molar-refractivity contribution is 0.228. The van der Waals surface area contributed by atoms with Crippen molar-refractivity contribution in [3.63, 3.8) is 0 Å². The molecule has 0 amide bonds. The molecule has 0 spiro atoms. The molecule has 6 nitrogen and oxygen atoms in total. The molecular weight excluding hydrogens is 321 g/mol. The van der Waals surface area contributed by atoms with Crippen molar-refractivity contribution >= 4 is 7.12 Å². The second kappa shape index (κ2) is 8.33. The molecule has 1 aromatic heterocycles. The molecule has 1 fully saturated rings. The lowest BCUT2D eigenvalue weighted by Crippen LogP contribution is -2.07. The zero-order valence-corrected chi connectivity index (χ0v) is 14.2. The summed E-state index contributed by atoms with van der Waals surface area (Å²) in [5, 5.41) is 18.5. The average Bonchev–Trinajstić information content (AvgIpc) is 3.08. The van der Waals surface area contributed by atoms with Crippen LogP contribution >= 0.6 is 0 Å². The second-order valence-electron chi connectivity index (χ2n) is 6.02. The summed E-state index contributed by atoms with van der Waals surface area (Å²) in [4.78, 5) is 4.34. The Hall–Kier alpha value is -2.09. The molecule has 3 rings (SSSR count). The average molecular weight is 343 g/mol. The van der Waals surface area contributed by atoms with Crippen molar-refractivity contribution in [3.8, 4) is 22.6 Å². The van der Waals surface area contributed by atoms with E-state index in [4.69, 9.17) is 19.2 Å². The van der Waals surface area contributed by atoms with Crippen molar-refractivity contribution in [1.82, 2.24) is 4.98 Å². The number of aromatic nitrogens is 1. The van der Waals surface area contributed by atoms with Crippen LogP contribution in [0.25, 0.3) is 11.1 Å². The summed E-state index contributed by atoms with van der Waals surface area (Å²) in [5.74, 6) is 1.44. The Morgan fingerprint density at radius 1 is 1.24 bits per heavy atom. The molecule has 1 aliphatic rings. The van der Waals surface area contributed by atoms with Crippen molar-refractivity contribution in [3.05, 3.63) is 42.2 Å². The van der Waals surface area contributed by atoms with Crippen molar-refractivity contribution in [2.75, 3.05) is 26.9 Å². The Bertz CT molecular complexity index is 712. The summed E-state index contributed by atoms with van der Waals surface area (Å²) < 4.78 is 16.3. The van der Waals surface area contributed by atoms with Crippen molar-refractivity contribution in [1.29, 1.82) is 0 Å². The summed E-state index contributed by atoms with van der Waals surface area (Å²) in [6, 6.07) is 7.80. The number of hydrogen-bond acceptors (Lipinski definition) is 6. The Kier molecular flexibility index (Phi) is 5.91. The molecule has 1 atom stereocenters. The molecule has 0 unspecified atom stereocenters. The summed E-state index contributed by atoms with van der Waals surface area (Å²) in [7, 11) is 0.905. The Morgan fingerprint density at radius 3 is 2.84 bits per heavy atom. The van der Waals surface area contributed by atoms with Gasteiger partial charge in [-0.15, -0.1) is 0 Å². The van der Waals surface area contributed by atoms with Crippen molar-refractivity contribution in [2.24, 2.45) is 0 Å². The Labute approximate surface area is 147 Å². The number of pyridine rings is 1. The van der Waals surface area contributed by atoms with Crippen molar-refractivity contribution in [2.45, 2.75) is 18.7 Å². The van der Waals surface area contributed by atoms with Crippen LogP contribution < -0.4 is 9.47 Å². The highest BCUT2D eigenvalue weighted by Crippen LogP contribution is 2.34. The molecule has 2 heterocycles. The van der Waals surface area contributed by atoms with E-state index in [9.17, 15) is 5.02 Å². The number of nitrogens with zero attached hydrogens (tertiary/aromatic N) is 1. The van der Waals surface area contributed by atoms with Gasteiger partial charge >= 0.3 is 7.12 Å². The smallest absolute Gasteiger partial charge is 0.454 e. The molecule has 2 N–H and O–H groups in total. The summed E-state index contributed by atoms with van der Waals surface area (Å²) >= 11 is 0. The molecule has 1 aromatic carbocycles. The third-order valence-corrected chi connectivity index (χ3v) is 4.26. The van der Waals surface area contributed by atoms with Gasteiger partial charge in [-0.3, -0.25) is 4.98 Å². The van der Waals surface area contributed by atoms with Crippen LogP contribution in [0.1, 0.15) is 17.9 Å². The predicted octanol–water partition coefficient (Wildman–Crippen LogP) is 2.11. The van der Waals surface area contributed by atoms with Crippen LogP contribution in [0.5, 0.6) is 11.5 Å². The molecule has 0 aliphatic carbocycles. The largest absolute Gasteiger partial charge is 0.493 e. The van der Waals surface area contributed by atoms with Gasteiger partial charge in [0.25, 0.3) is 0 Å². The van der Waals surface area contributed by atoms with Gasteiger partial charge in [-0.25, -0.2) is 0 Å². The summed E-state index contributed by atoms with van der Waals surface area (Å²) in [5.41, 5.74) is 2.98. The van der Waals surface area contributed by atoms with Crippen LogP contribution in [-0.4, -0.2) is 49.2 Å². The van der Waals surface area contributed by atoms with Crippen LogP contribution in [0.2, 0.25) is 6.32 Å². The highest BCUT2D eigenvalue weighted by atomic mass is 16.5. The minimum Gasteiger partial charge on any atom is -0.493 e. The van der Waals surface area contributed by atoms with E-state index in [0.717, 1.165) is 16.7 Å². The molecule has 25 heavy (non-hydrogen) atoms. The SMILES string of the molecule is COc1ccc(-c2cncc([C@H]3COB(O)C3)c2)cc1OCCCO. The normalized spacial score (nSPS) is 16.9. The number of benzene rings is 1. The highest BCUT2D eigenvalue weighted by Gasteiger charge is 2.30. The maximum absolute atomic E-state index is 9.55. The molecule has 2 aromatic rings. The zero-order valence-electron chi connectivity index (χ0n) is 14.2. The minimum absolute atomic E-state index is 0.0866. The molecule has 0 saturated carbocycles. The molecule has 1 saturated heterocycles. The third kappa shape index (κ3) is 4.31. The highest BCUT2D eigenvalue weighted by molar-refractivity contribution is 6.43. The molecule has 1 aliphatic heterocycles. The molecule has 132 valence electrons. The molecule has 0 radical (unpaired) electrons. The number of methoxy groups -OCH3 is 1. The fourth-order valence-electron chi connectivity index (χ4n) is 2.89. The van der Waals surface area contributed by atoms with E-state index in [1.807, 2.05) is 24.4 Å². The van der Waals surface area contributed by atoms with Gasteiger partial charge in [0.15, 0.2) is 11.5 Å². The first-order chi connectivity index (χ1) is 12.2. The summed E-state index contributed by atoms with van der Waals surface area (Å²) in [6.07, 6.45) is 4.77. The maximum atomic E-state index is 9.55. The number of aliphatic hydroxyl groups excluding tert-OH is 1. The number of rotatable bonds is 7. The first kappa shape index (κ1) is 17.7. The monoisotopic (exact) mass is 343 g/mol. The van der Waals surface area contributed by atoms with Crippen LogP contribution in [-0.2, 0) is 4.65 Å². The molecule has 7 heteroatoms. The molecule has 0 bridgehead atoms. The molecular formula is C18H22BNO5. The van der Waals surface area contributed by atoms with Gasteiger partial charge in [0.2, 0.25) is 0 Å². The first-order valence-electron chi connectivity index (χ1n) is 8.38. The first-order valence-corrected chi connectivity index (χ1v) is 8.38. The van der Waals surface area contributed by atoms with Crippen LogP contribution in [0.15, 0.2) is 36.7 Å². The zero-order chi connectivity index (χ0) is 17.6. The van der Waals surface area contributed by atoms with Gasteiger partial charge in [-0.05, 0) is 35.6 Å². The van der Waals surface area contributed by atoms with Gasteiger partial charge in [-0.1, -0.05) is 6.07 Å². The lowest BCUT2D eigenvalue weighted by atomic mass is 9.80. The van der Waals surface area contributed by atoms with Crippen molar-refractivity contribution < 1.29 is 24.3 Å². The number of aliphatic hydroxyl groups is 1. The van der Waals surface area contributed by atoms with Gasteiger partial charge < -0.3 is 24.3 Å². The predicted molar refractivity (Wildman–Crippen MR) is 94.9 cm³/mol. The fourth-order valence-corrected chi connectivity index (χ4v) is 2.89. The number of hydrogen-bond donors (Lipinski definition) is 2. The maximum Gasteiger partial charge on any atom is 0.454 e. The quantitative estimate of drug-likeness (QED) is 0.592. The van der Waals surface area contributed by atoms with Crippen LogP contribution in [0.4, 0.5) is 0 Å².